The zero-order chi connectivity index (χ0) is 13.6. The summed E-state index contributed by atoms with van der Waals surface area (Å²) in [6, 6.07) is -0.382. The van der Waals surface area contributed by atoms with E-state index in [9.17, 15) is 13.2 Å². The van der Waals surface area contributed by atoms with Crippen molar-refractivity contribution >= 4 is 33.2 Å². The second-order valence-electron chi connectivity index (χ2n) is 3.60. The predicted octanol–water partition coefficient (Wildman–Crippen LogP) is -0.124. The molecule has 0 aromatic carbocycles. The Hall–Kier alpha value is -0.730. The van der Waals surface area contributed by atoms with E-state index >= 15 is 0 Å². The molecule has 100 valence electrons. The van der Waals surface area contributed by atoms with Gasteiger partial charge in [0.05, 0.1) is 11.6 Å². The lowest BCUT2D eigenvalue weighted by atomic mass is 10.2. The van der Waals surface area contributed by atoms with Gasteiger partial charge in [0, 0.05) is 19.5 Å². The monoisotopic (exact) mass is 282 g/mol. The molecule has 0 heterocycles. The minimum atomic E-state index is -3.68. The molecule has 6 nitrogen and oxygen atoms in total. The van der Waals surface area contributed by atoms with Gasteiger partial charge in [-0.15, -0.1) is 0 Å². The second-order valence-corrected chi connectivity index (χ2v) is 6.15. The number of hydrogen-bond acceptors (Lipinski definition) is 5. The number of carbonyl (C=O) groups excluding carboxylic acids is 1. The number of sulfonamides is 1. The molecule has 0 radical (unpaired) electrons. The van der Waals surface area contributed by atoms with Gasteiger partial charge in [-0.1, -0.05) is 12.2 Å². The van der Waals surface area contributed by atoms with E-state index in [0.717, 1.165) is 4.31 Å². The largest absolute Gasteiger partial charge is 0.465 e. The van der Waals surface area contributed by atoms with Crippen molar-refractivity contribution in [2.45, 2.75) is 26.3 Å². The van der Waals surface area contributed by atoms with E-state index in [-0.39, 0.29) is 24.1 Å². The van der Waals surface area contributed by atoms with Crippen molar-refractivity contribution in [1.29, 1.82) is 0 Å². The Labute approximate surface area is 107 Å². The standard InChI is InChI=1S/C9H18N2O4S2/c1-4-15-9(12)6-17(13,14)11(3)7(2)5-8(10)16/h7H,4-6H2,1-3H3,(H2,10,16). The van der Waals surface area contributed by atoms with Crippen LogP contribution in [0.5, 0.6) is 0 Å². The van der Waals surface area contributed by atoms with Gasteiger partial charge in [-0.25, -0.2) is 12.7 Å². The molecule has 17 heavy (non-hydrogen) atoms. The highest BCUT2D eigenvalue weighted by atomic mass is 32.2. The zero-order valence-electron chi connectivity index (χ0n) is 10.2. The summed E-state index contributed by atoms with van der Waals surface area (Å²) in [4.78, 5) is 11.4. The van der Waals surface area contributed by atoms with Crippen molar-refractivity contribution in [2.75, 3.05) is 19.4 Å². The molecule has 1 unspecified atom stereocenters. The topological polar surface area (TPSA) is 89.7 Å². The molecule has 0 fully saturated rings. The van der Waals surface area contributed by atoms with Crippen LogP contribution in [0.2, 0.25) is 0 Å². The van der Waals surface area contributed by atoms with Crippen LogP contribution in [0, 0.1) is 0 Å². The second kappa shape index (κ2) is 6.87. The number of ether oxygens (including phenoxy) is 1. The third-order valence-corrected chi connectivity index (χ3v) is 4.17. The van der Waals surface area contributed by atoms with Crippen LogP contribution in [0.25, 0.3) is 0 Å². The SMILES string of the molecule is CCOC(=O)CS(=O)(=O)N(C)C(C)CC(N)=S. The molecular weight excluding hydrogens is 264 g/mol. The van der Waals surface area contributed by atoms with Gasteiger partial charge in [0.15, 0.2) is 5.75 Å². The van der Waals surface area contributed by atoms with Crippen molar-refractivity contribution in [3.8, 4) is 0 Å². The number of thiocarbonyl (C=S) groups is 1. The van der Waals surface area contributed by atoms with E-state index in [1.54, 1.807) is 13.8 Å². The highest BCUT2D eigenvalue weighted by Crippen LogP contribution is 2.08. The summed E-state index contributed by atoms with van der Waals surface area (Å²) in [6.45, 7) is 3.44. The van der Waals surface area contributed by atoms with Gasteiger partial charge < -0.3 is 10.5 Å². The quantitative estimate of drug-likeness (QED) is 0.517. The van der Waals surface area contributed by atoms with Crippen molar-refractivity contribution in [3.05, 3.63) is 0 Å². The van der Waals surface area contributed by atoms with Gasteiger partial charge in [-0.3, -0.25) is 4.79 Å². The van der Waals surface area contributed by atoms with Crippen molar-refractivity contribution in [3.63, 3.8) is 0 Å². The molecule has 0 aliphatic heterocycles. The van der Waals surface area contributed by atoms with Crippen LogP contribution in [-0.2, 0) is 19.6 Å². The Morgan fingerprint density at radius 3 is 2.47 bits per heavy atom. The molecule has 1 atom stereocenters. The van der Waals surface area contributed by atoms with Crippen molar-refractivity contribution < 1.29 is 17.9 Å². The molecule has 2 N–H and O–H groups in total. The Balaban J connectivity index is 4.59. The van der Waals surface area contributed by atoms with Crippen LogP contribution in [-0.4, -0.2) is 49.1 Å². The van der Waals surface area contributed by atoms with Crippen molar-refractivity contribution in [2.24, 2.45) is 5.73 Å². The summed E-state index contributed by atoms with van der Waals surface area (Å²) in [5, 5.41) is 0. The zero-order valence-corrected chi connectivity index (χ0v) is 11.8. The van der Waals surface area contributed by atoms with Gasteiger partial charge in [0.1, 0.15) is 0 Å². The Morgan fingerprint density at radius 1 is 1.53 bits per heavy atom. The van der Waals surface area contributed by atoms with E-state index in [2.05, 4.69) is 4.74 Å². The first-order valence-electron chi connectivity index (χ1n) is 5.10. The van der Waals surface area contributed by atoms with Gasteiger partial charge in [-0.05, 0) is 13.8 Å². The van der Waals surface area contributed by atoms with Crippen LogP contribution >= 0.6 is 12.2 Å². The van der Waals surface area contributed by atoms with Gasteiger partial charge in [0.25, 0.3) is 0 Å². The summed E-state index contributed by atoms with van der Waals surface area (Å²) in [5.41, 5.74) is 5.34. The lowest BCUT2D eigenvalue weighted by Gasteiger charge is -2.23. The van der Waals surface area contributed by atoms with Gasteiger partial charge in [0.2, 0.25) is 10.0 Å². The summed E-state index contributed by atoms with van der Waals surface area (Å²) in [5.74, 6) is -1.43. The maximum Gasteiger partial charge on any atom is 0.322 e. The lowest BCUT2D eigenvalue weighted by molar-refractivity contribution is -0.140. The molecule has 0 aliphatic carbocycles. The summed E-state index contributed by atoms with van der Waals surface area (Å²) >= 11 is 4.71. The van der Waals surface area contributed by atoms with E-state index in [1.807, 2.05) is 0 Å². The van der Waals surface area contributed by atoms with Gasteiger partial charge >= 0.3 is 5.97 Å². The number of nitrogens with zero attached hydrogens (tertiary/aromatic N) is 1. The number of nitrogens with two attached hydrogens (primary N) is 1. The Kier molecular flexibility index (Phi) is 6.58. The lowest BCUT2D eigenvalue weighted by Crippen LogP contribution is -2.40. The minimum Gasteiger partial charge on any atom is -0.465 e. The van der Waals surface area contributed by atoms with Crippen LogP contribution in [0.3, 0.4) is 0 Å². The summed E-state index contributed by atoms with van der Waals surface area (Å²) in [6.07, 6.45) is 0.272. The first-order valence-corrected chi connectivity index (χ1v) is 7.12. The van der Waals surface area contributed by atoms with Crippen LogP contribution in [0.4, 0.5) is 0 Å². The van der Waals surface area contributed by atoms with E-state index < -0.39 is 21.7 Å². The Bertz CT molecular complexity index is 380. The van der Waals surface area contributed by atoms with E-state index in [4.69, 9.17) is 18.0 Å². The first-order chi connectivity index (χ1) is 7.70. The molecule has 0 aromatic rings. The maximum absolute atomic E-state index is 11.8. The van der Waals surface area contributed by atoms with E-state index in [1.165, 1.54) is 7.05 Å². The smallest absolute Gasteiger partial charge is 0.322 e. The summed E-state index contributed by atoms with van der Waals surface area (Å²) in [7, 11) is -2.30. The molecular formula is C9H18N2O4S2. The molecule has 0 saturated heterocycles. The number of hydrogen-bond donors (Lipinski definition) is 1. The predicted molar refractivity (Wildman–Crippen MR) is 69.0 cm³/mol. The number of esters is 1. The van der Waals surface area contributed by atoms with Gasteiger partial charge in [-0.2, -0.15) is 0 Å². The highest BCUT2D eigenvalue weighted by Gasteiger charge is 2.26. The molecule has 0 rings (SSSR count). The Morgan fingerprint density at radius 2 is 2.06 bits per heavy atom. The number of rotatable bonds is 7. The molecule has 0 aromatic heterocycles. The molecule has 8 heteroatoms. The molecule has 0 bridgehead atoms. The summed E-state index contributed by atoms with van der Waals surface area (Å²) < 4.78 is 29.2. The third kappa shape index (κ3) is 5.94. The third-order valence-electron chi connectivity index (χ3n) is 2.16. The van der Waals surface area contributed by atoms with Crippen LogP contribution in [0.1, 0.15) is 20.3 Å². The number of carbonyl (C=O) groups is 1. The highest BCUT2D eigenvalue weighted by molar-refractivity contribution is 7.89. The van der Waals surface area contributed by atoms with E-state index in [0.29, 0.717) is 0 Å². The average molecular weight is 282 g/mol. The fraction of sp³-hybridized carbons (Fsp3) is 0.778. The van der Waals surface area contributed by atoms with Crippen LogP contribution in [0.15, 0.2) is 0 Å². The molecule has 0 saturated carbocycles. The normalized spacial score (nSPS) is 13.4. The fourth-order valence-electron chi connectivity index (χ4n) is 1.15. The molecule has 0 amide bonds. The molecule has 0 spiro atoms. The molecule has 0 aliphatic rings. The van der Waals surface area contributed by atoms with Crippen molar-refractivity contribution in [1.82, 2.24) is 4.31 Å². The minimum absolute atomic E-state index is 0.153. The van der Waals surface area contributed by atoms with Crippen LogP contribution < -0.4 is 5.73 Å². The maximum atomic E-state index is 11.8. The fourth-order valence-corrected chi connectivity index (χ4v) is 2.60. The first kappa shape index (κ1) is 16.3. The average Bonchev–Trinajstić information content (AvgIpc) is 2.14.